The van der Waals surface area contributed by atoms with Crippen molar-refractivity contribution in [2.24, 2.45) is 0 Å². The maximum absolute atomic E-state index is 13.1. The molecule has 0 aliphatic carbocycles. The second-order valence-corrected chi connectivity index (χ2v) is 7.93. The number of hydrogen-bond acceptors (Lipinski definition) is 8. The van der Waals surface area contributed by atoms with Crippen LogP contribution in [0.5, 0.6) is 0 Å². The van der Waals surface area contributed by atoms with Crippen molar-refractivity contribution in [3.05, 3.63) is 77.5 Å². The molecule has 35 heavy (non-hydrogen) atoms. The Bertz CT molecular complexity index is 1060. The number of carbonyl (C=O) groups is 2. The molecule has 0 amide bonds. The molecule has 1 fully saturated rings. The first-order valence-corrected chi connectivity index (χ1v) is 11.5. The van der Waals surface area contributed by atoms with Crippen LogP contribution < -0.4 is 4.90 Å². The third kappa shape index (κ3) is 6.92. The van der Waals surface area contributed by atoms with E-state index < -0.39 is 17.7 Å². The van der Waals surface area contributed by atoms with Gasteiger partial charge in [-0.25, -0.2) is 4.79 Å². The quantitative estimate of drug-likeness (QED) is 0.351. The molecular formula is C27H30N2O6. The van der Waals surface area contributed by atoms with Crippen LogP contribution in [0.1, 0.15) is 31.7 Å². The van der Waals surface area contributed by atoms with E-state index in [1.807, 2.05) is 65.6 Å². The fourth-order valence-electron chi connectivity index (χ4n) is 3.98. The van der Waals surface area contributed by atoms with Gasteiger partial charge in [-0.3, -0.25) is 4.79 Å². The lowest BCUT2D eigenvalue weighted by atomic mass is 9.98. The van der Waals surface area contributed by atoms with Gasteiger partial charge in [0.15, 0.2) is 5.79 Å². The van der Waals surface area contributed by atoms with Gasteiger partial charge in [-0.1, -0.05) is 48.5 Å². The number of nitriles is 1. The van der Waals surface area contributed by atoms with Gasteiger partial charge in [0.25, 0.3) is 0 Å². The lowest BCUT2D eigenvalue weighted by Gasteiger charge is -2.35. The van der Waals surface area contributed by atoms with Crippen LogP contribution in [0.2, 0.25) is 0 Å². The van der Waals surface area contributed by atoms with Crippen molar-refractivity contribution >= 4 is 17.6 Å². The summed E-state index contributed by atoms with van der Waals surface area (Å²) in [6.45, 7) is 2.86. The molecule has 0 aromatic heterocycles. The summed E-state index contributed by atoms with van der Waals surface area (Å²) in [4.78, 5) is 27.3. The first-order valence-electron chi connectivity index (χ1n) is 11.5. The van der Waals surface area contributed by atoms with E-state index in [9.17, 15) is 14.9 Å². The number of nitrogens with zero attached hydrogens (tertiary/aromatic N) is 2. The fourth-order valence-corrected chi connectivity index (χ4v) is 3.98. The number of para-hydroxylation sites is 1. The van der Waals surface area contributed by atoms with E-state index in [1.165, 1.54) is 7.11 Å². The Kier molecular flexibility index (Phi) is 9.41. The molecule has 184 valence electrons. The van der Waals surface area contributed by atoms with E-state index in [1.54, 1.807) is 6.92 Å². The number of rotatable bonds is 11. The molecule has 1 heterocycles. The monoisotopic (exact) mass is 478 g/mol. The molecule has 0 unspecified atom stereocenters. The van der Waals surface area contributed by atoms with Crippen LogP contribution in [0.3, 0.4) is 0 Å². The molecule has 3 rings (SSSR count). The third-order valence-electron chi connectivity index (χ3n) is 5.59. The maximum atomic E-state index is 13.1. The van der Waals surface area contributed by atoms with Gasteiger partial charge in [0.2, 0.25) is 0 Å². The van der Waals surface area contributed by atoms with Gasteiger partial charge in [0.1, 0.15) is 0 Å². The summed E-state index contributed by atoms with van der Waals surface area (Å²) in [7, 11) is 1.30. The summed E-state index contributed by atoms with van der Waals surface area (Å²) >= 11 is 0. The highest BCUT2D eigenvalue weighted by molar-refractivity contribution is 5.90. The first-order chi connectivity index (χ1) is 17.0. The molecule has 2 aromatic rings. The standard InChI is InChI=1S/C27H30N2O6/c1-3-33-26(31)23(14-15-28)24(18-27(19-25(30)32-2)34-16-17-35-27)29(22-12-8-5-9-13-22)20-21-10-6-4-7-11-21/h4-13H,3,14,16-20H2,1-2H3/b24-23+. The number of anilines is 1. The van der Waals surface area contributed by atoms with Crippen molar-refractivity contribution in [3.8, 4) is 6.07 Å². The zero-order valence-corrected chi connectivity index (χ0v) is 20.1. The minimum atomic E-state index is -1.33. The van der Waals surface area contributed by atoms with Crippen molar-refractivity contribution in [2.75, 3.05) is 31.8 Å². The normalized spacial score (nSPS) is 15.0. The van der Waals surface area contributed by atoms with Crippen molar-refractivity contribution in [2.45, 2.75) is 38.5 Å². The molecule has 0 bridgehead atoms. The summed E-state index contributed by atoms with van der Waals surface area (Å²) in [5.74, 6) is -2.43. The number of methoxy groups -OCH3 is 1. The van der Waals surface area contributed by atoms with Crippen LogP contribution in [0.4, 0.5) is 5.69 Å². The molecule has 0 saturated carbocycles. The summed E-state index contributed by atoms with van der Waals surface area (Å²) in [6, 6.07) is 21.4. The number of hydrogen-bond donors (Lipinski definition) is 0. The topological polar surface area (TPSA) is 98.1 Å². The van der Waals surface area contributed by atoms with Crippen molar-refractivity contribution in [1.82, 2.24) is 0 Å². The molecule has 2 aromatic carbocycles. The highest BCUT2D eigenvalue weighted by Gasteiger charge is 2.42. The second-order valence-electron chi connectivity index (χ2n) is 7.93. The Morgan fingerprint density at radius 2 is 1.66 bits per heavy atom. The molecule has 0 N–H and O–H groups in total. The molecule has 1 aliphatic rings. The number of carbonyl (C=O) groups excluding carboxylic acids is 2. The van der Waals surface area contributed by atoms with Crippen LogP contribution in [0, 0.1) is 11.3 Å². The van der Waals surface area contributed by atoms with Crippen LogP contribution in [0.15, 0.2) is 71.9 Å². The van der Waals surface area contributed by atoms with Gasteiger partial charge in [0.05, 0.1) is 51.4 Å². The molecular weight excluding hydrogens is 448 g/mol. The first kappa shape index (κ1) is 25.9. The second kappa shape index (κ2) is 12.7. The molecule has 8 nitrogen and oxygen atoms in total. The van der Waals surface area contributed by atoms with Gasteiger partial charge in [-0.2, -0.15) is 5.26 Å². The zero-order chi connectivity index (χ0) is 25.1. The zero-order valence-electron chi connectivity index (χ0n) is 20.1. The number of esters is 2. The summed E-state index contributed by atoms with van der Waals surface area (Å²) in [5.41, 5.74) is 2.48. The highest BCUT2D eigenvalue weighted by atomic mass is 16.7. The Balaban J connectivity index is 2.18. The van der Waals surface area contributed by atoms with E-state index in [0.717, 1.165) is 11.3 Å². The molecule has 0 spiro atoms. The summed E-state index contributed by atoms with van der Waals surface area (Å²) in [5, 5.41) is 9.61. The van der Waals surface area contributed by atoms with Gasteiger partial charge in [-0.15, -0.1) is 0 Å². The molecule has 8 heteroatoms. The lowest BCUT2D eigenvalue weighted by Crippen LogP contribution is -2.38. The van der Waals surface area contributed by atoms with Crippen LogP contribution in [-0.4, -0.2) is 44.7 Å². The van der Waals surface area contributed by atoms with E-state index in [0.29, 0.717) is 25.5 Å². The van der Waals surface area contributed by atoms with Gasteiger partial charge >= 0.3 is 11.9 Å². The van der Waals surface area contributed by atoms with Crippen LogP contribution in [-0.2, 0) is 35.1 Å². The minimum Gasteiger partial charge on any atom is -0.469 e. The molecule has 1 aliphatic heterocycles. The van der Waals surface area contributed by atoms with E-state index in [4.69, 9.17) is 18.9 Å². The average molecular weight is 479 g/mol. The minimum absolute atomic E-state index is 0.0413. The van der Waals surface area contributed by atoms with Gasteiger partial charge in [0, 0.05) is 24.4 Å². The predicted molar refractivity (Wildman–Crippen MR) is 129 cm³/mol. The van der Waals surface area contributed by atoms with Crippen LogP contribution >= 0.6 is 0 Å². The van der Waals surface area contributed by atoms with E-state index in [-0.39, 0.29) is 31.4 Å². The Morgan fingerprint density at radius 3 is 2.23 bits per heavy atom. The summed E-state index contributed by atoms with van der Waals surface area (Å²) < 4.78 is 22.1. The van der Waals surface area contributed by atoms with Gasteiger partial charge in [-0.05, 0) is 24.6 Å². The predicted octanol–water partition coefficient (Wildman–Crippen LogP) is 4.12. The van der Waals surface area contributed by atoms with E-state index >= 15 is 0 Å². The maximum Gasteiger partial charge on any atom is 0.336 e. The van der Waals surface area contributed by atoms with Crippen molar-refractivity contribution in [3.63, 3.8) is 0 Å². The molecule has 1 saturated heterocycles. The lowest BCUT2D eigenvalue weighted by molar-refractivity contribution is -0.180. The third-order valence-corrected chi connectivity index (χ3v) is 5.59. The number of benzene rings is 2. The molecule has 0 radical (unpaired) electrons. The highest BCUT2D eigenvalue weighted by Crippen LogP contribution is 2.37. The van der Waals surface area contributed by atoms with Gasteiger partial charge < -0.3 is 23.8 Å². The number of ether oxygens (including phenoxy) is 4. The Morgan fingerprint density at radius 1 is 1.03 bits per heavy atom. The Hall–Kier alpha value is -3.67. The van der Waals surface area contributed by atoms with Crippen LogP contribution in [0.25, 0.3) is 0 Å². The fraction of sp³-hybridized carbons (Fsp3) is 0.370. The SMILES string of the molecule is CCOC(=O)/C(CC#N)=C(\CC1(CC(=O)OC)OCCO1)N(Cc1ccccc1)c1ccccc1. The average Bonchev–Trinajstić information content (AvgIpc) is 3.34. The largest absolute Gasteiger partial charge is 0.469 e. The smallest absolute Gasteiger partial charge is 0.336 e. The summed E-state index contributed by atoms with van der Waals surface area (Å²) in [6.07, 6.45) is -0.302. The Labute approximate surface area is 205 Å². The van der Waals surface area contributed by atoms with Crippen molar-refractivity contribution in [1.29, 1.82) is 5.26 Å². The van der Waals surface area contributed by atoms with E-state index in [2.05, 4.69) is 6.07 Å². The van der Waals surface area contributed by atoms with Crippen molar-refractivity contribution < 1.29 is 28.5 Å². The molecule has 0 atom stereocenters.